The molecule has 1 heterocycles. The van der Waals surface area contributed by atoms with E-state index in [9.17, 15) is 0 Å². The van der Waals surface area contributed by atoms with Crippen molar-refractivity contribution in [3.05, 3.63) is 18.2 Å². The molecule has 0 bridgehead atoms. The van der Waals surface area contributed by atoms with Gasteiger partial charge in [-0.2, -0.15) is 0 Å². The summed E-state index contributed by atoms with van der Waals surface area (Å²) in [6, 6.07) is 6.35. The molecule has 2 rings (SSSR count). The van der Waals surface area contributed by atoms with Crippen LogP contribution in [0.2, 0.25) is 0 Å². The van der Waals surface area contributed by atoms with Crippen molar-refractivity contribution in [1.82, 2.24) is 0 Å². The molecule has 1 aliphatic heterocycles. The van der Waals surface area contributed by atoms with E-state index in [2.05, 4.69) is 26.0 Å². The smallest absolute Gasteiger partial charge is 0.162 e. The predicted octanol–water partition coefficient (Wildman–Crippen LogP) is 2.92. The summed E-state index contributed by atoms with van der Waals surface area (Å²) in [7, 11) is 0. The highest BCUT2D eigenvalue weighted by Crippen LogP contribution is 2.34. The summed E-state index contributed by atoms with van der Waals surface area (Å²) in [5.74, 6) is 3.15. The zero-order valence-corrected chi connectivity index (χ0v) is 11.8. The lowest BCUT2D eigenvalue weighted by atomic mass is 10.1. The van der Waals surface area contributed by atoms with Crippen LogP contribution < -0.4 is 15.2 Å². The third kappa shape index (κ3) is 3.56. The van der Waals surface area contributed by atoms with Crippen molar-refractivity contribution in [2.75, 3.05) is 19.0 Å². The number of benzene rings is 1. The van der Waals surface area contributed by atoms with E-state index in [0.717, 1.165) is 36.9 Å². The topological polar surface area (TPSA) is 44.5 Å². The van der Waals surface area contributed by atoms with Gasteiger partial charge in [0.15, 0.2) is 11.5 Å². The lowest BCUT2D eigenvalue weighted by molar-refractivity contribution is 0.297. The van der Waals surface area contributed by atoms with Gasteiger partial charge in [-0.1, -0.05) is 13.8 Å². The van der Waals surface area contributed by atoms with Crippen LogP contribution in [-0.4, -0.2) is 25.0 Å². The van der Waals surface area contributed by atoms with Gasteiger partial charge in [0.25, 0.3) is 0 Å². The van der Waals surface area contributed by atoms with Crippen molar-refractivity contribution in [2.24, 2.45) is 11.7 Å². The zero-order valence-electron chi connectivity index (χ0n) is 11.0. The Morgan fingerprint density at radius 3 is 2.67 bits per heavy atom. The minimum atomic E-state index is 0.228. The third-order valence-corrected chi connectivity index (χ3v) is 4.16. The minimum Gasteiger partial charge on any atom is -0.490 e. The molecule has 4 heteroatoms. The Hall–Kier alpha value is -0.870. The van der Waals surface area contributed by atoms with E-state index in [1.54, 1.807) is 11.8 Å². The molecule has 1 atom stereocenters. The Morgan fingerprint density at radius 2 is 1.94 bits per heavy atom. The summed E-state index contributed by atoms with van der Waals surface area (Å²) in [6.07, 6.45) is 0.940. The summed E-state index contributed by atoms with van der Waals surface area (Å²) in [4.78, 5) is 1.19. The van der Waals surface area contributed by atoms with Crippen molar-refractivity contribution < 1.29 is 9.47 Å². The summed E-state index contributed by atoms with van der Waals surface area (Å²) in [5, 5.41) is 0. The quantitative estimate of drug-likeness (QED) is 0.852. The molecule has 1 aromatic carbocycles. The number of nitrogens with two attached hydrogens (primary N) is 1. The van der Waals surface area contributed by atoms with Crippen LogP contribution in [0.25, 0.3) is 0 Å². The highest BCUT2D eigenvalue weighted by molar-refractivity contribution is 7.99. The van der Waals surface area contributed by atoms with E-state index in [0.29, 0.717) is 5.92 Å². The second-order valence-corrected chi connectivity index (χ2v) is 5.97. The molecule has 18 heavy (non-hydrogen) atoms. The summed E-state index contributed by atoms with van der Waals surface area (Å²) >= 11 is 1.78. The van der Waals surface area contributed by atoms with Gasteiger partial charge in [0.1, 0.15) is 0 Å². The Balaban J connectivity index is 2.00. The van der Waals surface area contributed by atoms with Crippen molar-refractivity contribution in [1.29, 1.82) is 0 Å². The molecule has 0 aliphatic carbocycles. The van der Waals surface area contributed by atoms with Crippen LogP contribution in [0.1, 0.15) is 20.3 Å². The van der Waals surface area contributed by atoms with Gasteiger partial charge >= 0.3 is 0 Å². The highest BCUT2D eigenvalue weighted by Gasteiger charge is 2.12. The molecule has 0 spiro atoms. The monoisotopic (exact) mass is 267 g/mol. The maximum absolute atomic E-state index is 6.05. The number of ether oxygens (including phenoxy) is 2. The Morgan fingerprint density at radius 1 is 1.22 bits per heavy atom. The SMILES string of the molecule is CC(C)C(N)CSc1ccc2c(c1)OCCCO2. The molecular weight excluding hydrogens is 246 g/mol. The van der Waals surface area contributed by atoms with Crippen LogP contribution in [0.15, 0.2) is 23.1 Å². The van der Waals surface area contributed by atoms with Crippen LogP contribution in [0.5, 0.6) is 11.5 Å². The summed E-state index contributed by atoms with van der Waals surface area (Å²) in [6.45, 7) is 5.77. The molecule has 0 saturated carbocycles. The van der Waals surface area contributed by atoms with Crippen LogP contribution in [-0.2, 0) is 0 Å². The standard InChI is InChI=1S/C14H21NO2S/c1-10(2)12(15)9-18-11-4-5-13-14(8-11)17-7-3-6-16-13/h4-5,8,10,12H,3,6-7,9,15H2,1-2H3. The second-order valence-electron chi connectivity index (χ2n) is 4.88. The number of hydrogen-bond acceptors (Lipinski definition) is 4. The van der Waals surface area contributed by atoms with Gasteiger partial charge in [0, 0.05) is 23.1 Å². The predicted molar refractivity (Wildman–Crippen MR) is 75.6 cm³/mol. The van der Waals surface area contributed by atoms with Gasteiger partial charge in [0.2, 0.25) is 0 Å². The maximum atomic E-state index is 6.05. The Labute approximate surface area is 113 Å². The number of fused-ring (bicyclic) bond motifs is 1. The van der Waals surface area contributed by atoms with E-state index in [4.69, 9.17) is 15.2 Å². The molecule has 1 aromatic rings. The average molecular weight is 267 g/mol. The number of rotatable bonds is 4. The molecule has 0 aromatic heterocycles. The molecule has 3 nitrogen and oxygen atoms in total. The van der Waals surface area contributed by atoms with Crippen molar-refractivity contribution in [3.63, 3.8) is 0 Å². The van der Waals surface area contributed by atoms with Crippen molar-refractivity contribution >= 4 is 11.8 Å². The van der Waals surface area contributed by atoms with Crippen LogP contribution in [0, 0.1) is 5.92 Å². The second kappa shape index (κ2) is 6.34. The van der Waals surface area contributed by atoms with E-state index < -0.39 is 0 Å². The normalized spacial score (nSPS) is 16.4. The molecule has 2 N–H and O–H groups in total. The minimum absolute atomic E-state index is 0.228. The first kappa shape index (κ1) is 13.6. The molecule has 0 amide bonds. The molecular formula is C14H21NO2S. The largest absolute Gasteiger partial charge is 0.490 e. The highest BCUT2D eigenvalue weighted by atomic mass is 32.2. The molecule has 0 radical (unpaired) electrons. The van der Waals surface area contributed by atoms with E-state index >= 15 is 0 Å². The van der Waals surface area contributed by atoms with Gasteiger partial charge < -0.3 is 15.2 Å². The van der Waals surface area contributed by atoms with E-state index in [1.165, 1.54) is 4.90 Å². The average Bonchev–Trinajstić information content (AvgIpc) is 2.60. The van der Waals surface area contributed by atoms with Gasteiger partial charge in [-0.25, -0.2) is 0 Å². The molecule has 0 saturated heterocycles. The van der Waals surface area contributed by atoms with Gasteiger partial charge in [-0.05, 0) is 24.1 Å². The Kier molecular flexibility index (Phi) is 4.78. The lowest BCUT2D eigenvalue weighted by Gasteiger charge is -2.15. The fraction of sp³-hybridized carbons (Fsp3) is 0.571. The fourth-order valence-corrected chi connectivity index (χ4v) is 2.74. The summed E-state index contributed by atoms with van der Waals surface area (Å²) < 4.78 is 11.3. The van der Waals surface area contributed by atoms with Gasteiger partial charge in [-0.15, -0.1) is 11.8 Å². The molecule has 1 unspecified atom stereocenters. The lowest BCUT2D eigenvalue weighted by Crippen LogP contribution is -2.28. The van der Waals surface area contributed by atoms with Crippen LogP contribution in [0.3, 0.4) is 0 Å². The van der Waals surface area contributed by atoms with Crippen LogP contribution in [0.4, 0.5) is 0 Å². The third-order valence-electron chi connectivity index (χ3n) is 3.02. The van der Waals surface area contributed by atoms with Crippen molar-refractivity contribution in [2.45, 2.75) is 31.2 Å². The fourth-order valence-electron chi connectivity index (χ4n) is 1.62. The van der Waals surface area contributed by atoms with Crippen LogP contribution >= 0.6 is 11.8 Å². The first-order valence-corrected chi connectivity index (χ1v) is 7.43. The first-order chi connectivity index (χ1) is 8.66. The number of thioether (sulfide) groups is 1. The van der Waals surface area contributed by atoms with Gasteiger partial charge in [-0.3, -0.25) is 0 Å². The zero-order chi connectivity index (χ0) is 13.0. The number of hydrogen-bond donors (Lipinski definition) is 1. The van der Waals surface area contributed by atoms with Crippen molar-refractivity contribution in [3.8, 4) is 11.5 Å². The van der Waals surface area contributed by atoms with E-state index in [1.807, 2.05) is 6.07 Å². The first-order valence-electron chi connectivity index (χ1n) is 6.45. The Bertz CT molecular complexity index is 395. The van der Waals surface area contributed by atoms with Gasteiger partial charge in [0.05, 0.1) is 13.2 Å². The molecule has 1 aliphatic rings. The molecule has 100 valence electrons. The van der Waals surface area contributed by atoms with E-state index in [-0.39, 0.29) is 6.04 Å². The summed E-state index contributed by atoms with van der Waals surface area (Å²) in [5.41, 5.74) is 6.05. The maximum Gasteiger partial charge on any atom is 0.162 e. The molecule has 0 fully saturated rings.